The van der Waals surface area contributed by atoms with Gasteiger partial charge in [-0.25, -0.2) is 14.4 Å². The van der Waals surface area contributed by atoms with Crippen molar-refractivity contribution in [2.24, 2.45) is 5.92 Å². The molecule has 0 saturated heterocycles. The monoisotopic (exact) mass is 334 g/mol. The minimum Gasteiger partial charge on any atom is -0.369 e. The van der Waals surface area contributed by atoms with E-state index in [9.17, 15) is 4.39 Å². The van der Waals surface area contributed by atoms with Crippen molar-refractivity contribution >= 4 is 16.9 Å². The second kappa shape index (κ2) is 6.89. The van der Waals surface area contributed by atoms with Crippen LogP contribution in [0.1, 0.15) is 17.5 Å². The topological polar surface area (TPSA) is 53.6 Å². The molecule has 0 fully saturated rings. The highest BCUT2D eigenvalue weighted by Crippen LogP contribution is 2.20. The lowest BCUT2D eigenvalue weighted by atomic mass is 10.0. The number of aromatic amines is 1. The highest BCUT2D eigenvalue weighted by Gasteiger charge is 2.09. The molecule has 0 bridgehead atoms. The van der Waals surface area contributed by atoms with E-state index < -0.39 is 0 Å². The van der Waals surface area contributed by atoms with Gasteiger partial charge in [0.15, 0.2) is 0 Å². The SMILES string of the molecule is FC1=CCC(CNc2ccc(Cc3c[nH]c4ncccc34)cn2)C=C1. The maximum atomic E-state index is 13.0. The Morgan fingerprint density at radius 1 is 1.24 bits per heavy atom. The molecule has 4 rings (SSSR count). The predicted octanol–water partition coefficient (Wildman–Crippen LogP) is 4.39. The number of H-pyrrole nitrogens is 1. The first kappa shape index (κ1) is 15.6. The predicted molar refractivity (Wildman–Crippen MR) is 98.1 cm³/mol. The minimum atomic E-state index is -0.147. The van der Waals surface area contributed by atoms with Crippen molar-refractivity contribution in [2.45, 2.75) is 12.8 Å². The van der Waals surface area contributed by atoms with E-state index in [1.807, 2.05) is 30.6 Å². The Balaban J connectivity index is 1.38. The van der Waals surface area contributed by atoms with Gasteiger partial charge in [0.25, 0.3) is 0 Å². The van der Waals surface area contributed by atoms with E-state index in [4.69, 9.17) is 0 Å². The first-order chi connectivity index (χ1) is 12.3. The highest BCUT2D eigenvalue weighted by atomic mass is 19.1. The normalized spacial score (nSPS) is 16.8. The minimum absolute atomic E-state index is 0.147. The van der Waals surface area contributed by atoms with Gasteiger partial charge in [-0.2, -0.15) is 0 Å². The summed E-state index contributed by atoms with van der Waals surface area (Å²) < 4.78 is 13.0. The summed E-state index contributed by atoms with van der Waals surface area (Å²) in [6.45, 7) is 0.751. The van der Waals surface area contributed by atoms with Crippen molar-refractivity contribution in [3.63, 3.8) is 0 Å². The number of rotatable bonds is 5. The molecule has 1 atom stereocenters. The molecule has 1 aliphatic rings. The summed E-state index contributed by atoms with van der Waals surface area (Å²) in [4.78, 5) is 12.0. The Morgan fingerprint density at radius 3 is 3.00 bits per heavy atom. The largest absolute Gasteiger partial charge is 0.369 e. The van der Waals surface area contributed by atoms with Crippen LogP contribution >= 0.6 is 0 Å². The average Bonchev–Trinajstić information content (AvgIpc) is 3.06. The van der Waals surface area contributed by atoms with Crippen LogP contribution in [0.5, 0.6) is 0 Å². The third kappa shape index (κ3) is 3.60. The molecule has 0 spiro atoms. The van der Waals surface area contributed by atoms with Crippen molar-refractivity contribution in [1.82, 2.24) is 15.0 Å². The van der Waals surface area contributed by atoms with E-state index in [1.54, 1.807) is 12.3 Å². The van der Waals surface area contributed by atoms with E-state index in [0.29, 0.717) is 5.92 Å². The molecule has 3 heterocycles. The van der Waals surface area contributed by atoms with Gasteiger partial charge < -0.3 is 10.3 Å². The Hall–Kier alpha value is -2.95. The van der Waals surface area contributed by atoms with Crippen molar-refractivity contribution in [3.05, 3.63) is 78.0 Å². The maximum absolute atomic E-state index is 13.0. The summed E-state index contributed by atoms with van der Waals surface area (Å²) in [7, 11) is 0. The fourth-order valence-corrected chi connectivity index (χ4v) is 3.04. The molecule has 4 nitrogen and oxygen atoms in total. The van der Waals surface area contributed by atoms with Crippen molar-refractivity contribution in [2.75, 3.05) is 11.9 Å². The number of nitrogens with one attached hydrogen (secondary N) is 2. The van der Waals surface area contributed by atoms with Crippen molar-refractivity contribution in [1.29, 1.82) is 0 Å². The molecule has 1 unspecified atom stereocenters. The molecular formula is C20H19FN4. The lowest BCUT2D eigenvalue weighted by Crippen LogP contribution is -2.14. The van der Waals surface area contributed by atoms with Crippen LogP contribution in [0.3, 0.4) is 0 Å². The Labute approximate surface area is 145 Å². The quantitative estimate of drug-likeness (QED) is 0.727. The van der Waals surface area contributed by atoms with Crippen LogP contribution in [0.2, 0.25) is 0 Å². The van der Waals surface area contributed by atoms with Gasteiger partial charge in [0.2, 0.25) is 0 Å². The number of hydrogen-bond donors (Lipinski definition) is 2. The fraction of sp³-hybridized carbons (Fsp3) is 0.200. The second-order valence-electron chi connectivity index (χ2n) is 6.27. The van der Waals surface area contributed by atoms with E-state index in [1.165, 1.54) is 11.6 Å². The number of allylic oxidation sites excluding steroid dienone is 3. The highest BCUT2D eigenvalue weighted by molar-refractivity contribution is 5.79. The van der Waals surface area contributed by atoms with Crippen LogP contribution in [-0.2, 0) is 6.42 Å². The molecule has 3 aromatic heterocycles. The van der Waals surface area contributed by atoms with Gasteiger partial charge >= 0.3 is 0 Å². The Morgan fingerprint density at radius 2 is 2.20 bits per heavy atom. The molecule has 126 valence electrons. The molecule has 3 aromatic rings. The zero-order valence-corrected chi connectivity index (χ0v) is 13.7. The van der Waals surface area contributed by atoms with Crippen LogP contribution in [0.25, 0.3) is 11.0 Å². The van der Waals surface area contributed by atoms with Crippen LogP contribution in [0, 0.1) is 5.92 Å². The van der Waals surface area contributed by atoms with E-state index in [-0.39, 0.29) is 5.83 Å². The lowest BCUT2D eigenvalue weighted by Gasteiger charge is -2.15. The molecule has 0 aromatic carbocycles. The van der Waals surface area contributed by atoms with Gasteiger partial charge in [-0.05, 0) is 53.8 Å². The molecule has 0 saturated carbocycles. The number of hydrogen-bond acceptors (Lipinski definition) is 3. The number of fused-ring (bicyclic) bond motifs is 1. The zero-order valence-electron chi connectivity index (χ0n) is 13.7. The lowest BCUT2D eigenvalue weighted by molar-refractivity contribution is 0.613. The first-order valence-corrected chi connectivity index (χ1v) is 8.41. The van der Waals surface area contributed by atoms with E-state index in [2.05, 4.69) is 32.4 Å². The maximum Gasteiger partial charge on any atom is 0.137 e. The Kier molecular flexibility index (Phi) is 4.29. The fourth-order valence-electron chi connectivity index (χ4n) is 3.04. The van der Waals surface area contributed by atoms with Gasteiger partial charge in [0, 0.05) is 36.9 Å². The number of aromatic nitrogens is 3. The summed E-state index contributed by atoms with van der Waals surface area (Å²) >= 11 is 0. The standard InChI is InChI=1S/C20H19FN4/c21-17-6-3-14(4-7-17)11-23-19-8-5-15(12-24-19)10-16-13-25-20-18(16)2-1-9-22-20/h1-3,5-9,12-14H,4,10-11H2,(H,22,25)(H,23,24). The smallest absolute Gasteiger partial charge is 0.137 e. The molecule has 25 heavy (non-hydrogen) atoms. The Bertz CT molecular complexity index is 924. The number of pyridine rings is 2. The van der Waals surface area contributed by atoms with Crippen LogP contribution in [-0.4, -0.2) is 21.5 Å². The summed E-state index contributed by atoms with van der Waals surface area (Å²) in [5.74, 6) is 0.999. The molecule has 0 aliphatic heterocycles. The number of anilines is 1. The van der Waals surface area contributed by atoms with Crippen LogP contribution in [0.15, 0.2) is 66.9 Å². The van der Waals surface area contributed by atoms with E-state index >= 15 is 0 Å². The summed E-state index contributed by atoms with van der Waals surface area (Å²) in [6.07, 6.45) is 12.3. The van der Waals surface area contributed by atoms with Crippen LogP contribution in [0.4, 0.5) is 10.2 Å². The van der Waals surface area contributed by atoms with Gasteiger partial charge in [0.1, 0.15) is 17.3 Å². The molecular weight excluding hydrogens is 315 g/mol. The van der Waals surface area contributed by atoms with E-state index in [0.717, 1.165) is 41.8 Å². The third-order valence-corrected chi connectivity index (χ3v) is 4.44. The summed E-state index contributed by atoms with van der Waals surface area (Å²) in [5, 5.41) is 4.46. The van der Waals surface area contributed by atoms with Crippen LogP contribution < -0.4 is 5.32 Å². The summed E-state index contributed by atoms with van der Waals surface area (Å²) in [5.41, 5.74) is 3.28. The number of nitrogens with zero attached hydrogens (tertiary/aromatic N) is 2. The zero-order chi connectivity index (χ0) is 17.1. The molecule has 0 amide bonds. The summed E-state index contributed by atoms with van der Waals surface area (Å²) in [6, 6.07) is 8.10. The average molecular weight is 334 g/mol. The first-order valence-electron chi connectivity index (χ1n) is 8.41. The molecule has 5 heteroatoms. The van der Waals surface area contributed by atoms with Crippen molar-refractivity contribution < 1.29 is 4.39 Å². The van der Waals surface area contributed by atoms with Crippen molar-refractivity contribution in [3.8, 4) is 0 Å². The molecule has 2 N–H and O–H groups in total. The molecule has 0 radical (unpaired) electrons. The van der Waals surface area contributed by atoms with Gasteiger partial charge in [-0.3, -0.25) is 0 Å². The van der Waals surface area contributed by atoms with Gasteiger partial charge in [0.05, 0.1) is 0 Å². The molecule has 1 aliphatic carbocycles. The van der Waals surface area contributed by atoms with Gasteiger partial charge in [-0.1, -0.05) is 12.1 Å². The third-order valence-electron chi connectivity index (χ3n) is 4.44. The van der Waals surface area contributed by atoms with Gasteiger partial charge in [-0.15, -0.1) is 0 Å². The number of halogens is 1. The second-order valence-corrected chi connectivity index (χ2v) is 6.27.